The van der Waals surface area contributed by atoms with Crippen LogP contribution in [-0.4, -0.2) is 82.7 Å². The Morgan fingerprint density at radius 3 is 2.79 bits per heavy atom. The van der Waals surface area contributed by atoms with E-state index in [0.717, 1.165) is 25.5 Å². The lowest BCUT2D eigenvalue weighted by Crippen LogP contribution is -2.55. The number of phenols is 1. The monoisotopic (exact) mass is 588 g/mol. The molecule has 4 heterocycles. The van der Waals surface area contributed by atoms with Crippen molar-refractivity contribution >= 4 is 33.6 Å². The zero-order valence-corrected chi connectivity index (χ0v) is 23.6. The number of rotatable bonds is 7. The molecule has 43 heavy (non-hydrogen) atoms. The molecule has 0 saturated carbocycles. The van der Waals surface area contributed by atoms with E-state index in [4.69, 9.17) is 14.1 Å². The molecule has 0 aliphatic carbocycles. The smallest absolute Gasteiger partial charge is 0.319 e. The van der Waals surface area contributed by atoms with Crippen molar-refractivity contribution in [3.8, 4) is 29.0 Å². The van der Waals surface area contributed by atoms with Crippen LogP contribution < -0.4 is 9.64 Å². The summed E-state index contributed by atoms with van der Waals surface area (Å²) < 4.78 is 41.6. The third-order valence-corrected chi connectivity index (χ3v) is 8.36. The summed E-state index contributed by atoms with van der Waals surface area (Å²) in [6, 6.07) is 7.75. The molecule has 2 atom stereocenters. The fraction of sp³-hybridized carbons (Fsp3) is 0.355. The van der Waals surface area contributed by atoms with Crippen LogP contribution in [0.1, 0.15) is 19.3 Å². The van der Waals surface area contributed by atoms with Gasteiger partial charge in [0.15, 0.2) is 11.6 Å². The third-order valence-electron chi connectivity index (χ3n) is 8.36. The number of likely N-dealkylation sites (tertiary alicyclic amines) is 1. The van der Waals surface area contributed by atoms with Crippen molar-refractivity contribution in [2.45, 2.75) is 31.3 Å². The third kappa shape index (κ3) is 5.10. The maximum absolute atomic E-state index is 15.1. The predicted octanol–water partition coefficient (Wildman–Crippen LogP) is 4.62. The van der Waals surface area contributed by atoms with Gasteiger partial charge in [0, 0.05) is 36.6 Å². The molecule has 12 heteroatoms. The fourth-order valence-electron chi connectivity index (χ4n) is 6.06. The van der Waals surface area contributed by atoms with E-state index < -0.39 is 23.4 Å². The Morgan fingerprint density at radius 1 is 1.21 bits per heavy atom. The quantitative estimate of drug-likeness (QED) is 0.309. The van der Waals surface area contributed by atoms with E-state index in [1.807, 2.05) is 11.9 Å². The number of carbonyl (C=O) groups is 1. The number of benzene rings is 2. The van der Waals surface area contributed by atoms with Gasteiger partial charge in [0.25, 0.3) is 0 Å². The Kier molecular flexibility index (Phi) is 7.58. The van der Waals surface area contributed by atoms with Gasteiger partial charge in [-0.25, -0.2) is 4.39 Å². The summed E-state index contributed by atoms with van der Waals surface area (Å²) >= 11 is 0. The normalized spacial score (nSPS) is 19.2. The van der Waals surface area contributed by atoms with E-state index in [2.05, 4.69) is 22.5 Å². The molecule has 0 radical (unpaired) electrons. The van der Waals surface area contributed by atoms with Gasteiger partial charge in [-0.15, -0.1) is 0 Å². The summed E-state index contributed by atoms with van der Waals surface area (Å²) in [5.41, 5.74) is 0.998. The Hall–Kier alpha value is -4.76. The number of carbonyl (C=O) groups excluding carboxylic acids is 1. The largest absolute Gasteiger partial charge is 0.505 e. The summed E-state index contributed by atoms with van der Waals surface area (Å²) in [6.45, 7) is 5.98. The number of aromatic hydroxyl groups is 1. The van der Waals surface area contributed by atoms with Gasteiger partial charge in [0.1, 0.15) is 18.0 Å². The number of aromatic nitrogens is 2. The summed E-state index contributed by atoms with van der Waals surface area (Å²) in [4.78, 5) is 27.8. The first kappa shape index (κ1) is 28.4. The van der Waals surface area contributed by atoms with Gasteiger partial charge in [-0.05, 0) is 62.3 Å². The van der Waals surface area contributed by atoms with E-state index in [0.29, 0.717) is 59.5 Å². The lowest BCUT2D eigenvalue weighted by atomic mass is 9.98. The lowest BCUT2D eigenvalue weighted by Gasteiger charge is -2.41. The van der Waals surface area contributed by atoms with Crippen molar-refractivity contribution in [2.24, 2.45) is 0 Å². The van der Waals surface area contributed by atoms with E-state index in [1.54, 1.807) is 17.0 Å². The van der Waals surface area contributed by atoms with Crippen molar-refractivity contribution in [3.05, 3.63) is 54.8 Å². The minimum absolute atomic E-state index is 0.0653. The zero-order valence-electron chi connectivity index (χ0n) is 23.6. The van der Waals surface area contributed by atoms with Gasteiger partial charge in [-0.3, -0.25) is 4.79 Å². The summed E-state index contributed by atoms with van der Waals surface area (Å²) in [5.74, 6) is -3.10. The number of nitriles is 1. The van der Waals surface area contributed by atoms with Crippen LogP contribution in [0.25, 0.3) is 33.0 Å². The van der Waals surface area contributed by atoms with Crippen LogP contribution in [0.3, 0.4) is 0 Å². The number of phenolic OH excluding ortho intramolecular Hbond substituents is 1. The minimum Gasteiger partial charge on any atom is -0.505 e. The van der Waals surface area contributed by atoms with Gasteiger partial charge < -0.3 is 29.0 Å². The maximum Gasteiger partial charge on any atom is 0.319 e. The van der Waals surface area contributed by atoms with Crippen LogP contribution in [0.2, 0.25) is 0 Å². The number of furan rings is 1. The van der Waals surface area contributed by atoms with E-state index in [-0.39, 0.29) is 29.9 Å². The van der Waals surface area contributed by atoms with E-state index >= 15 is 4.39 Å². The fourth-order valence-corrected chi connectivity index (χ4v) is 6.06. The first-order valence-corrected chi connectivity index (χ1v) is 14.1. The summed E-state index contributed by atoms with van der Waals surface area (Å²) in [5, 5.41) is 20.2. The molecule has 0 unspecified atom stereocenters. The molecule has 6 rings (SSSR count). The Bertz CT molecular complexity index is 1770. The molecule has 10 nitrogen and oxygen atoms in total. The molecule has 1 amide bonds. The predicted molar refractivity (Wildman–Crippen MR) is 156 cm³/mol. The van der Waals surface area contributed by atoms with Gasteiger partial charge in [0.05, 0.1) is 35.7 Å². The average Bonchev–Trinajstić information content (AvgIpc) is 3.67. The molecule has 2 aromatic heterocycles. The number of amides is 1. The molecule has 0 bridgehead atoms. The number of ether oxygens (including phenoxy) is 1. The molecule has 4 aromatic rings. The molecule has 2 aliphatic heterocycles. The van der Waals surface area contributed by atoms with Crippen LogP contribution >= 0.6 is 0 Å². The van der Waals surface area contributed by atoms with Crippen molar-refractivity contribution in [3.63, 3.8) is 0 Å². The Labute approximate surface area is 246 Å². The SMILES string of the molecule is C=CC(=O)N1CCN(c2nc(OC[C@@H]3CCCN3C)nc3cc(-c4ccc(O)c(F)c4F)c4ccoc4c23)C[C@@H]1CC#N. The molecule has 2 aliphatic rings. The van der Waals surface area contributed by atoms with Gasteiger partial charge in [0.2, 0.25) is 11.7 Å². The molecular formula is C31H30F2N6O4. The van der Waals surface area contributed by atoms with Crippen LogP contribution in [-0.2, 0) is 4.79 Å². The summed E-state index contributed by atoms with van der Waals surface area (Å²) in [6.07, 6.45) is 4.85. The number of piperazine rings is 1. The van der Waals surface area contributed by atoms with Gasteiger partial charge in [-0.2, -0.15) is 19.6 Å². The van der Waals surface area contributed by atoms with Crippen LogP contribution in [0, 0.1) is 23.0 Å². The van der Waals surface area contributed by atoms with Crippen molar-refractivity contribution < 1.29 is 27.8 Å². The number of hydrogen-bond donors (Lipinski definition) is 1. The van der Waals surface area contributed by atoms with Crippen LogP contribution in [0.5, 0.6) is 11.8 Å². The van der Waals surface area contributed by atoms with Gasteiger partial charge in [-0.1, -0.05) is 6.58 Å². The zero-order chi connectivity index (χ0) is 30.2. The number of anilines is 1. The molecule has 0 spiro atoms. The highest BCUT2D eigenvalue weighted by Gasteiger charge is 2.32. The van der Waals surface area contributed by atoms with E-state index in [9.17, 15) is 19.6 Å². The number of nitrogens with zero attached hydrogens (tertiary/aromatic N) is 6. The molecule has 1 N–H and O–H groups in total. The highest BCUT2D eigenvalue weighted by atomic mass is 19.2. The Morgan fingerprint density at radius 2 is 2.05 bits per heavy atom. The molecule has 222 valence electrons. The highest BCUT2D eigenvalue weighted by Crippen LogP contribution is 2.41. The standard InChI is InChI=1S/C31H30F2N6O4/c1-3-25(41)39-13-12-38(16-18(39)8-10-34)30-26-23(35-31(36-30)43-17-19-5-4-11-37(19)2)15-22(21-9-14-42-29(21)26)20-6-7-24(40)28(33)27(20)32/h3,6-7,9,14-15,18-19,40H,1,4-5,8,11-13,16-17H2,2H3/t18-,19-/m0/s1. The van der Waals surface area contributed by atoms with Gasteiger partial charge >= 0.3 is 6.01 Å². The van der Waals surface area contributed by atoms with Crippen molar-refractivity contribution in [1.29, 1.82) is 5.26 Å². The first-order chi connectivity index (χ1) is 20.8. The van der Waals surface area contributed by atoms with E-state index in [1.165, 1.54) is 18.4 Å². The number of likely N-dealkylation sites (N-methyl/N-ethyl adjacent to an activating group) is 1. The lowest BCUT2D eigenvalue weighted by molar-refractivity contribution is -0.128. The number of fused-ring (bicyclic) bond motifs is 3. The topological polar surface area (TPSA) is 119 Å². The summed E-state index contributed by atoms with van der Waals surface area (Å²) in [7, 11) is 2.04. The second-order valence-corrected chi connectivity index (χ2v) is 10.9. The number of hydrogen-bond acceptors (Lipinski definition) is 9. The second kappa shape index (κ2) is 11.5. The minimum atomic E-state index is -1.35. The Balaban J connectivity index is 1.50. The maximum atomic E-state index is 15.1. The van der Waals surface area contributed by atoms with Crippen LogP contribution in [0.4, 0.5) is 14.6 Å². The van der Waals surface area contributed by atoms with Crippen LogP contribution in [0.15, 0.2) is 47.6 Å². The van der Waals surface area contributed by atoms with Crippen molar-refractivity contribution in [1.82, 2.24) is 19.8 Å². The van der Waals surface area contributed by atoms with Crippen molar-refractivity contribution in [2.75, 3.05) is 44.7 Å². The average molecular weight is 589 g/mol. The molecule has 2 saturated heterocycles. The molecule has 2 aromatic carbocycles. The molecule has 2 fully saturated rings. The number of halogens is 2. The highest BCUT2D eigenvalue weighted by molar-refractivity contribution is 6.14. The first-order valence-electron chi connectivity index (χ1n) is 14.1. The molecular weight excluding hydrogens is 558 g/mol. The second-order valence-electron chi connectivity index (χ2n) is 10.9.